The first-order chi connectivity index (χ1) is 13.8. The van der Waals surface area contributed by atoms with E-state index in [1.165, 1.54) is 6.92 Å². The van der Waals surface area contributed by atoms with Crippen molar-refractivity contribution in [1.29, 1.82) is 0 Å². The first-order valence-corrected chi connectivity index (χ1v) is 9.17. The molecular formula is C21H20F2N2O4. The van der Waals surface area contributed by atoms with Crippen LogP contribution in [0.15, 0.2) is 42.5 Å². The van der Waals surface area contributed by atoms with Crippen LogP contribution in [0.5, 0.6) is 0 Å². The van der Waals surface area contributed by atoms with Crippen LogP contribution >= 0.6 is 0 Å². The van der Waals surface area contributed by atoms with Gasteiger partial charge in [-0.1, -0.05) is 12.1 Å². The van der Waals surface area contributed by atoms with E-state index in [2.05, 4.69) is 5.32 Å². The standard InChI is InChI=1S/C21H20F2N2O4/c1-13(20(27)24-18-8-7-16(22)11-17(18)23)29-21(28)15-5-2-4-14(10-15)12-25-9-3-6-19(25)26/h2,4-5,7-8,10-11,13H,3,6,9,12H2,1H3,(H,24,27). The minimum absolute atomic E-state index is 0.0799. The summed E-state index contributed by atoms with van der Waals surface area (Å²) in [5, 5.41) is 2.26. The van der Waals surface area contributed by atoms with E-state index in [4.69, 9.17) is 4.74 Å². The zero-order valence-electron chi connectivity index (χ0n) is 15.8. The fourth-order valence-electron chi connectivity index (χ4n) is 3.00. The number of esters is 1. The molecule has 8 heteroatoms. The van der Waals surface area contributed by atoms with E-state index >= 15 is 0 Å². The van der Waals surface area contributed by atoms with Gasteiger partial charge in [-0.25, -0.2) is 13.6 Å². The SMILES string of the molecule is CC(OC(=O)c1cccc(CN2CCCC2=O)c1)C(=O)Nc1ccc(F)cc1F. The van der Waals surface area contributed by atoms with Gasteiger partial charge in [-0.15, -0.1) is 0 Å². The van der Waals surface area contributed by atoms with Crippen LogP contribution in [0.3, 0.4) is 0 Å². The third-order valence-corrected chi connectivity index (χ3v) is 4.55. The number of halogens is 2. The van der Waals surface area contributed by atoms with Crippen LogP contribution in [0.2, 0.25) is 0 Å². The van der Waals surface area contributed by atoms with Gasteiger partial charge in [0.05, 0.1) is 11.3 Å². The maximum Gasteiger partial charge on any atom is 0.338 e. The predicted octanol–water partition coefficient (Wildman–Crippen LogP) is 3.27. The largest absolute Gasteiger partial charge is 0.449 e. The molecule has 1 heterocycles. The van der Waals surface area contributed by atoms with Crippen molar-refractivity contribution in [2.45, 2.75) is 32.4 Å². The van der Waals surface area contributed by atoms with Crippen molar-refractivity contribution in [2.24, 2.45) is 0 Å². The van der Waals surface area contributed by atoms with Crippen LogP contribution in [-0.2, 0) is 20.9 Å². The molecule has 1 saturated heterocycles. The van der Waals surface area contributed by atoms with Crippen molar-refractivity contribution in [3.8, 4) is 0 Å². The fourth-order valence-corrected chi connectivity index (χ4v) is 3.00. The predicted molar refractivity (Wildman–Crippen MR) is 101 cm³/mol. The number of hydrogen-bond donors (Lipinski definition) is 1. The van der Waals surface area contributed by atoms with E-state index in [1.807, 2.05) is 0 Å². The lowest BCUT2D eigenvalue weighted by Gasteiger charge is -2.17. The topological polar surface area (TPSA) is 75.7 Å². The molecule has 3 rings (SSSR count). The Morgan fingerprint density at radius 1 is 1.21 bits per heavy atom. The van der Waals surface area contributed by atoms with Gasteiger partial charge >= 0.3 is 5.97 Å². The first-order valence-electron chi connectivity index (χ1n) is 9.17. The number of ether oxygens (including phenoxy) is 1. The summed E-state index contributed by atoms with van der Waals surface area (Å²) in [5.41, 5.74) is 0.804. The summed E-state index contributed by atoms with van der Waals surface area (Å²) in [6.45, 7) is 2.44. The van der Waals surface area contributed by atoms with E-state index in [0.29, 0.717) is 25.6 Å². The van der Waals surface area contributed by atoms with Crippen molar-refractivity contribution in [3.63, 3.8) is 0 Å². The molecule has 0 aromatic heterocycles. The lowest BCUT2D eigenvalue weighted by molar-refractivity contribution is -0.128. The Bertz CT molecular complexity index is 948. The lowest BCUT2D eigenvalue weighted by Crippen LogP contribution is -2.30. The maximum atomic E-state index is 13.7. The molecule has 0 spiro atoms. The second-order valence-electron chi connectivity index (χ2n) is 6.78. The van der Waals surface area contributed by atoms with Crippen molar-refractivity contribution in [2.75, 3.05) is 11.9 Å². The summed E-state index contributed by atoms with van der Waals surface area (Å²) in [4.78, 5) is 38.0. The second kappa shape index (κ2) is 8.81. The van der Waals surface area contributed by atoms with Crippen molar-refractivity contribution < 1.29 is 27.9 Å². The highest BCUT2D eigenvalue weighted by atomic mass is 19.1. The molecule has 6 nitrogen and oxygen atoms in total. The van der Waals surface area contributed by atoms with Gasteiger partial charge in [0.1, 0.15) is 11.6 Å². The van der Waals surface area contributed by atoms with Crippen molar-refractivity contribution in [3.05, 3.63) is 65.2 Å². The molecule has 1 atom stereocenters. The van der Waals surface area contributed by atoms with E-state index in [0.717, 1.165) is 24.1 Å². The molecule has 0 saturated carbocycles. The maximum absolute atomic E-state index is 13.7. The molecule has 1 unspecified atom stereocenters. The molecule has 0 aliphatic carbocycles. The van der Waals surface area contributed by atoms with Crippen LogP contribution in [0.25, 0.3) is 0 Å². The third kappa shape index (κ3) is 5.16. The normalized spacial score (nSPS) is 14.6. The number of hydrogen-bond acceptors (Lipinski definition) is 4. The van der Waals surface area contributed by atoms with Crippen molar-refractivity contribution >= 4 is 23.5 Å². The summed E-state index contributed by atoms with van der Waals surface area (Å²) < 4.78 is 31.7. The van der Waals surface area contributed by atoms with Gasteiger partial charge < -0.3 is 15.0 Å². The molecule has 0 radical (unpaired) electrons. The summed E-state index contributed by atoms with van der Waals surface area (Å²) in [6, 6.07) is 9.36. The van der Waals surface area contributed by atoms with Gasteiger partial charge in [0.15, 0.2) is 6.10 Å². The molecule has 152 valence electrons. The highest BCUT2D eigenvalue weighted by Crippen LogP contribution is 2.17. The van der Waals surface area contributed by atoms with E-state index < -0.39 is 29.6 Å². The molecule has 2 aromatic rings. The van der Waals surface area contributed by atoms with Gasteiger partial charge in [0.2, 0.25) is 5.91 Å². The number of amides is 2. The Balaban J connectivity index is 1.60. The minimum atomic E-state index is -1.20. The Morgan fingerprint density at radius 2 is 2.00 bits per heavy atom. The zero-order chi connectivity index (χ0) is 21.0. The average molecular weight is 402 g/mol. The number of nitrogens with one attached hydrogen (secondary N) is 1. The molecule has 1 fully saturated rings. The number of rotatable bonds is 6. The van der Waals surface area contributed by atoms with Gasteiger partial charge in [-0.2, -0.15) is 0 Å². The van der Waals surface area contributed by atoms with Gasteiger partial charge in [0, 0.05) is 25.6 Å². The second-order valence-corrected chi connectivity index (χ2v) is 6.78. The van der Waals surface area contributed by atoms with Gasteiger partial charge in [-0.3, -0.25) is 9.59 Å². The number of carbonyl (C=O) groups excluding carboxylic acids is 3. The van der Waals surface area contributed by atoms with Crippen LogP contribution in [0.4, 0.5) is 14.5 Å². The number of likely N-dealkylation sites (tertiary alicyclic amines) is 1. The van der Waals surface area contributed by atoms with E-state index in [1.54, 1.807) is 29.2 Å². The summed E-state index contributed by atoms with van der Waals surface area (Å²) >= 11 is 0. The Kier molecular flexibility index (Phi) is 6.21. The van der Waals surface area contributed by atoms with Crippen LogP contribution < -0.4 is 5.32 Å². The first kappa shape index (κ1) is 20.4. The molecule has 1 aliphatic rings. The van der Waals surface area contributed by atoms with E-state index in [9.17, 15) is 23.2 Å². The smallest absolute Gasteiger partial charge is 0.338 e. The Morgan fingerprint density at radius 3 is 2.69 bits per heavy atom. The van der Waals surface area contributed by atoms with Gasteiger partial charge in [-0.05, 0) is 43.2 Å². The highest BCUT2D eigenvalue weighted by molar-refractivity contribution is 5.97. The molecular weight excluding hydrogens is 382 g/mol. The molecule has 29 heavy (non-hydrogen) atoms. The third-order valence-electron chi connectivity index (χ3n) is 4.55. The monoisotopic (exact) mass is 402 g/mol. The average Bonchev–Trinajstić information content (AvgIpc) is 3.08. The van der Waals surface area contributed by atoms with Crippen molar-refractivity contribution in [1.82, 2.24) is 4.90 Å². The Hall–Kier alpha value is -3.29. The van der Waals surface area contributed by atoms with Crippen LogP contribution in [0, 0.1) is 11.6 Å². The fraction of sp³-hybridized carbons (Fsp3) is 0.286. The molecule has 0 bridgehead atoms. The quantitative estimate of drug-likeness (QED) is 0.753. The zero-order valence-corrected chi connectivity index (χ0v) is 15.8. The molecule has 2 amide bonds. The number of carbonyl (C=O) groups is 3. The summed E-state index contributed by atoms with van der Waals surface area (Å²) in [5.74, 6) is -3.09. The number of benzene rings is 2. The van der Waals surface area contributed by atoms with E-state index in [-0.39, 0.29) is 17.2 Å². The highest BCUT2D eigenvalue weighted by Gasteiger charge is 2.22. The van der Waals surface area contributed by atoms with Crippen LogP contribution in [0.1, 0.15) is 35.7 Å². The molecule has 1 N–H and O–H groups in total. The number of anilines is 1. The molecule has 1 aliphatic heterocycles. The number of nitrogens with zero attached hydrogens (tertiary/aromatic N) is 1. The van der Waals surface area contributed by atoms with Gasteiger partial charge in [0.25, 0.3) is 5.91 Å². The van der Waals surface area contributed by atoms with Crippen LogP contribution in [-0.4, -0.2) is 35.3 Å². The molecule has 2 aromatic carbocycles. The lowest BCUT2D eigenvalue weighted by atomic mass is 10.1. The summed E-state index contributed by atoms with van der Waals surface area (Å²) in [7, 11) is 0. The Labute approximate surface area is 166 Å². The summed E-state index contributed by atoms with van der Waals surface area (Å²) in [6.07, 6.45) is 0.154. The minimum Gasteiger partial charge on any atom is -0.449 e.